The van der Waals surface area contributed by atoms with Gasteiger partial charge >= 0.3 is 39.3 Å². The summed E-state index contributed by atoms with van der Waals surface area (Å²) in [7, 11) is 1.25. The van der Waals surface area contributed by atoms with Crippen LogP contribution in [0.2, 0.25) is 0 Å². The zero-order valence-electron chi connectivity index (χ0n) is 24.3. The molecule has 41 heavy (non-hydrogen) atoms. The molecule has 0 aromatic heterocycles. The molecule has 2 unspecified atom stereocenters. The molecular weight excluding hydrogens is 687 g/mol. The van der Waals surface area contributed by atoms with Gasteiger partial charge in [-0.15, -0.1) is 0 Å². The summed E-state index contributed by atoms with van der Waals surface area (Å²) in [6.07, 6.45) is 0. The summed E-state index contributed by atoms with van der Waals surface area (Å²) in [5, 5.41) is 4.69. The van der Waals surface area contributed by atoms with E-state index in [1.54, 1.807) is 0 Å². The van der Waals surface area contributed by atoms with Crippen molar-refractivity contribution in [3.8, 4) is 11.1 Å². The fourth-order valence-electron chi connectivity index (χ4n) is 5.37. The summed E-state index contributed by atoms with van der Waals surface area (Å²) in [4.78, 5) is 10.2. The predicted molar refractivity (Wildman–Crippen MR) is 176 cm³/mol. The van der Waals surface area contributed by atoms with Crippen LogP contribution in [0.25, 0.3) is 32.7 Å². The van der Waals surface area contributed by atoms with Gasteiger partial charge in [-0.1, -0.05) is 102 Å². The Kier molecular flexibility index (Phi) is 8.99. The summed E-state index contributed by atoms with van der Waals surface area (Å²) in [5.74, 6) is 1.43. The molecule has 0 saturated heterocycles. The van der Waals surface area contributed by atoms with E-state index in [9.17, 15) is 0 Å². The van der Waals surface area contributed by atoms with Gasteiger partial charge < -0.3 is 9.47 Å². The van der Waals surface area contributed by atoms with Gasteiger partial charge in [0.1, 0.15) is 13.2 Å². The molecule has 0 bridgehead atoms. The standard InChI is InChI=1S/C34H36N2O2.2BrH.Ni/c1-33(2,3)27-19-37-31(35-27)25-17-15-21-11-7-9-13-23(21)29(25)30-24-14-10-8-12-22(24)16-18-26(30)32-36-28(20-38-32)34(4,5)6;;;/h7-18,27-28H,19-20H2,1-6H3;2*1H;/q;;;+2/p-2. The average molecular weight is 723 g/mol. The van der Waals surface area contributed by atoms with E-state index in [2.05, 4.69) is 143 Å². The molecule has 0 amide bonds. The fourth-order valence-corrected chi connectivity index (χ4v) is 5.37. The van der Waals surface area contributed by atoms with Crippen molar-refractivity contribution >= 4 is 61.8 Å². The number of ether oxygens (including phenoxy) is 2. The van der Waals surface area contributed by atoms with Gasteiger partial charge in [-0.2, -0.15) is 0 Å². The van der Waals surface area contributed by atoms with Crippen LogP contribution in [0.1, 0.15) is 52.7 Å². The van der Waals surface area contributed by atoms with Crippen molar-refractivity contribution in [3.63, 3.8) is 0 Å². The van der Waals surface area contributed by atoms with E-state index < -0.39 is 0 Å². The Morgan fingerprint density at radius 3 is 1.32 bits per heavy atom. The molecule has 0 N–H and O–H groups in total. The summed E-state index contributed by atoms with van der Waals surface area (Å²) < 4.78 is 12.6. The molecule has 4 nitrogen and oxygen atoms in total. The third-order valence-electron chi connectivity index (χ3n) is 7.87. The van der Waals surface area contributed by atoms with Crippen LogP contribution < -0.4 is 0 Å². The number of benzene rings is 4. The quantitative estimate of drug-likeness (QED) is 0.198. The minimum absolute atomic E-state index is 0.0255. The molecule has 4 aromatic carbocycles. The number of hydrogen-bond donors (Lipinski definition) is 0. The fraction of sp³-hybridized carbons (Fsp3) is 0.353. The van der Waals surface area contributed by atoms with Crippen LogP contribution in [0.15, 0.2) is 82.8 Å². The van der Waals surface area contributed by atoms with Crippen LogP contribution in [-0.4, -0.2) is 37.1 Å². The molecule has 218 valence electrons. The van der Waals surface area contributed by atoms with Gasteiger partial charge in [-0.3, -0.25) is 0 Å². The van der Waals surface area contributed by atoms with Gasteiger partial charge in [0.25, 0.3) is 0 Å². The Bertz CT molecular complexity index is 1510. The Morgan fingerprint density at radius 1 is 0.610 bits per heavy atom. The first-order valence-corrected chi connectivity index (χ1v) is 18.7. The molecule has 2 aliphatic heterocycles. The maximum absolute atomic E-state index is 6.32. The first kappa shape index (κ1) is 30.3. The zero-order valence-corrected chi connectivity index (χ0v) is 28.4. The van der Waals surface area contributed by atoms with Crippen LogP contribution in [0.3, 0.4) is 0 Å². The number of halogens is 2. The third-order valence-corrected chi connectivity index (χ3v) is 7.87. The number of nitrogens with zero attached hydrogens (tertiary/aromatic N) is 2. The first-order valence-electron chi connectivity index (χ1n) is 13.8. The number of aliphatic imine (C=N–C) groups is 2. The van der Waals surface area contributed by atoms with E-state index in [-0.39, 0.29) is 22.9 Å². The van der Waals surface area contributed by atoms with E-state index in [4.69, 9.17) is 19.5 Å². The molecule has 0 fully saturated rings. The first-order chi connectivity index (χ1) is 19.5. The van der Waals surface area contributed by atoms with Crippen molar-refractivity contribution in [1.82, 2.24) is 0 Å². The Balaban J connectivity index is 0.00000108. The van der Waals surface area contributed by atoms with Gasteiger partial charge in [0.05, 0.1) is 12.1 Å². The molecular formula is C34H36Br2N2NiO2. The summed E-state index contributed by atoms with van der Waals surface area (Å²) >= 11 is 6.00. The van der Waals surface area contributed by atoms with Crippen molar-refractivity contribution in [3.05, 3.63) is 83.9 Å². The van der Waals surface area contributed by atoms with Crippen molar-refractivity contribution in [1.29, 1.82) is 0 Å². The van der Waals surface area contributed by atoms with E-state index in [0.717, 1.165) is 22.3 Å². The number of rotatable bonds is 3. The summed E-state index contributed by atoms with van der Waals surface area (Å²) in [5.41, 5.74) is 4.32. The SMILES string of the molecule is CC(C)(C)C1COC(c2ccc3ccccc3c2-c2c(C3=NC(C(C)(C)C)CO3)ccc3ccccc23)=N1.[Br][Ni][Br]. The second-order valence-electron chi connectivity index (χ2n) is 12.7. The van der Waals surface area contributed by atoms with Gasteiger partial charge in [0, 0.05) is 22.3 Å². The Hall–Kier alpha value is -2.21. The molecule has 2 aliphatic rings. The number of fused-ring (bicyclic) bond motifs is 2. The van der Waals surface area contributed by atoms with E-state index in [0.29, 0.717) is 25.0 Å². The average Bonchev–Trinajstić information content (AvgIpc) is 3.63. The van der Waals surface area contributed by atoms with Crippen molar-refractivity contribution < 1.29 is 20.4 Å². The molecule has 0 aliphatic carbocycles. The van der Waals surface area contributed by atoms with Crippen LogP contribution in [0.4, 0.5) is 0 Å². The third kappa shape index (κ3) is 6.28. The molecule has 0 saturated carbocycles. The molecule has 0 radical (unpaired) electrons. The van der Waals surface area contributed by atoms with E-state index in [1.165, 1.54) is 32.4 Å². The second kappa shape index (κ2) is 12.2. The topological polar surface area (TPSA) is 43.2 Å². The number of hydrogen-bond acceptors (Lipinski definition) is 4. The summed E-state index contributed by atoms with van der Waals surface area (Å²) in [6.45, 7) is 14.5. The van der Waals surface area contributed by atoms with Gasteiger partial charge in [-0.05, 0) is 44.5 Å². The van der Waals surface area contributed by atoms with Gasteiger partial charge in [0.2, 0.25) is 11.8 Å². The Morgan fingerprint density at radius 2 is 0.976 bits per heavy atom. The second-order valence-corrected chi connectivity index (χ2v) is 17.7. The van der Waals surface area contributed by atoms with Gasteiger partial charge in [-0.25, -0.2) is 9.98 Å². The minimum atomic E-state index is 0.0255. The van der Waals surface area contributed by atoms with Crippen LogP contribution in [0, 0.1) is 10.8 Å². The molecule has 7 heteroatoms. The molecule has 0 spiro atoms. The van der Waals surface area contributed by atoms with Crippen molar-refractivity contribution in [2.24, 2.45) is 20.8 Å². The van der Waals surface area contributed by atoms with Crippen LogP contribution in [0.5, 0.6) is 0 Å². The van der Waals surface area contributed by atoms with Crippen LogP contribution in [-0.2, 0) is 20.4 Å². The van der Waals surface area contributed by atoms with Crippen molar-refractivity contribution in [2.75, 3.05) is 13.2 Å². The summed E-state index contributed by atoms with van der Waals surface area (Å²) in [6, 6.07) is 26.0. The zero-order chi connectivity index (χ0) is 29.4. The maximum atomic E-state index is 6.32. The monoisotopic (exact) mass is 720 g/mol. The van der Waals surface area contributed by atoms with E-state index in [1.807, 2.05) is 0 Å². The Labute approximate surface area is 263 Å². The van der Waals surface area contributed by atoms with Gasteiger partial charge in [0.15, 0.2) is 0 Å². The van der Waals surface area contributed by atoms with E-state index >= 15 is 0 Å². The molecule has 2 atom stereocenters. The molecule has 2 heterocycles. The van der Waals surface area contributed by atoms with Crippen molar-refractivity contribution in [2.45, 2.75) is 53.6 Å². The predicted octanol–water partition coefficient (Wildman–Crippen LogP) is 9.73. The normalized spacial score (nSPS) is 18.9. The molecule has 4 aromatic rings. The molecule has 6 rings (SSSR count). The van der Waals surface area contributed by atoms with Crippen LogP contribution >= 0.6 is 28.5 Å².